The molecule has 1 heterocycles. The van der Waals surface area contributed by atoms with Crippen LogP contribution in [0.4, 0.5) is 5.82 Å². The molecule has 2 aromatic carbocycles. The Labute approximate surface area is 134 Å². The Morgan fingerprint density at radius 3 is 2.48 bits per heavy atom. The van der Waals surface area contributed by atoms with Crippen LogP contribution in [0.5, 0.6) is 0 Å². The smallest absolute Gasteiger partial charge is 0.162 e. The van der Waals surface area contributed by atoms with Gasteiger partial charge in [0.05, 0.1) is 17.5 Å². The van der Waals surface area contributed by atoms with E-state index < -0.39 is 12.0 Å². The van der Waals surface area contributed by atoms with Crippen LogP contribution >= 0.6 is 0 Å². The molecule has 0 fully saturated rings. The first-order valence-electron chi connectivity index (χ1n) is 7.48. The van der Waals surface area contributed by atoms with E-state index >= 15 is 0 Å². The van der Waals surface area contributed by atoms with Gasteiger partial charge < -0.3 is 15.2 Å². The second kappa shape index (κ2) is 6.44. The lowest BCUT2D eigenvalue weighted by Gasteiger charge is -2.20. The van der Waals surface area contributed by atoms with Gasteiger partial charge in [0.25, 0.3) is 0 Å². The van der Waals surface area contributed by atoms with Crippen LogP contribution in [0.25, 0.3) is 22.3 Å². The van der Waals surface area contributed by atoms with Gasteiger partial charge in [-0.05, 0) is 18.6 Å². The van der Waals surface area contributed by atoms with Crippen LogP contribution in [0.2, 0.25) is 0 Å². The maximum Gasteiger partial charge on any atom is 0.162 e. The third-order valence-corrected chi connectivity index (χ3v) is 3.64. The number of rotatable bonds is 5. The van der Waals surface area contributed by atoms with Crippen LogP contribution in [0, 0.1) is 0 Å². The maximum atomic E-state index is 11.2. The number of nitrogens with zero attached hydrogens (tertiary/aromatic N) is 2. The van der Waals surface area contributed by atoms with E-state index in [1.807, 2.05) is 54.6 Å². The number of carbonyl (C=O) groups is 1. The highest BCUT2D eigenvalue weighted by Crippen LogP contribution is 2.25. The van der Waals surface area contributed by atoms with Gasteiger partial charge in [-0.2, -0.15) is 0 Å². The van der Waals surface area contributed by atoms with Gasteiger partial charge in [0, 0.05) is 10.9 Å². The molecular formula is C18H16N3O2-. The van der Waals surface area contributed by atoms with Crippen LogP contribution in [-0.4, -0.2) is 22.0 Å². The van der Waals surface area contributed by atoms with Gasteiger partial charge in [-0.3, -0.25) is 0 Å². The van der Waals surface area contributed by atoms with Gasteiger partial charge in [-0.1, -0.05) is 49.4 Å². The summed E-state index contributed by atoms with van der Waals surface area (Å²) < 4.78 is 0. The Bertz CT molecular complexity index is 834. The summed E-state index contributed by atoms with van der Waals surface area (Å²) in [5.41, 5.74) is 1.64. The number of hydrogen-bond donors (Lipinski definition) is 1. The zero-order valence-electron chi connectivity index (χ0n) is 12.7. The topological polar surface area (TPSA) is 77.9 Å². The zero-order valence-corrected chi connectivity index (χ0v) is 12.7. The van der Waals surface area contributed by atoms with E-state index in [2.05, 4.69) is 15.3 Å². The second-order valence-electron chi connectivity index (χ2n) is 5.20. The third-order valence-electron chi connectivity index (χ3n) is 3.64. The Hall–Kier alpha value is -2.95. The number of carboxylic acids is 1. The summed E-state index contributed by atoms with van der Waals surface area (Å²) in [6.07, 6.45) is 0.404. The number of benzene rings is 2. The molecule has 0 bridgehead atoms. The number of fused-ring (bicyclic) bond motifs is 1. The molecule has 3 rings (SSSR count). The third kappa shape index (κ3) is 3.13. The first-order valence-corrected chi connectivity index (χ1v) is 7.48. The number of nitrogens with one attached hydrogen (secondary N) is 1. The predicted molar refractivity (Wildman–Crippen MR) is 87.7 cm³/mol. The first-order chi connectivity index (χ1) is 11.2. The Kier molecular flexibility index (Phi) is 4.19. The molecule has 0 spiro atoms. The molecule has 3 aromatic rings. The summed E-state index contributed by atoms with van der Waals surface area (Å²) in [4.78, 5) is 20.3. The average Bonchev–Trinajstić information content (AvgIpc) is 2.59. The number of hydrogen-bond acceptors (Lipinski definition) is 5. The lowest BCUT2D eigenvalue weighted by molar-refractivity contribution is -0.306. The molecular weight excluding hydrogens is 290 g/mol. The van der Waals surface area contributed by atoms with Gasteiger partial charge in [-0.15, -0.1) is 0 Å². The fourth-order valence-corrected chi connectivity index (χ4v) is 2.40. The maximum absolute atomic E-state index is 11.2. The average molecular weight is 306 g/mol. The quantitative estimate of drug-likeness (QED) is 0.782. The fraction of sp³-hybridized carbons (Fsp3) is 0.167. The van der Waals surface area contributed by atoms with Crippen molar-refractivity contribution in [2.45, 2.75) is 19.4 Å². The second-order valence-corrected chi connectivity index (χ2v) is 5.20. The highest BCUT2D eigenvalue weighted by atomic mass is 16.4. The van der Waals surface area contributed by atoms with Crippen LogP contribution < -0.4 is 10.4 Å². The van der Waals surface area contributed by atoms with Crippen molar-refractivity contribution in [3.05, 3.63) is 54.6 Å². The Balaban J connectivity index is 2.13. The number of carbonyl (C=O) groups excluding carboxylic acids is 1. The monoisotopic (exact) mass is 306 g/mol. The molecule has 23 heavy (non-hydrogen) atoms. The molecule has 0 amide bonds. The van der Waals surface area contributed by atoms with Crippen molar-refractivity contribution in [2.75, 3.05) is 5.32 Å². The lowest BCUT2D eigenvalue weighted by atomic mass is 10.1. The van der Waals surface area contributed by atoms with Crippen molar-refractivity contribution >= 4 is 22.7 Å². The largest absolute Gasteiger partial charge is 0.548 e. The molecule has 5 heteroatoms. The predicted octanol–water partition coefficient (Wildman–Crippen LogP) is 2.24. The summed E-state index contributed by atoms with van der Waals surface area (Å²) in [6, 6.07) is 16.3. The Morgan fingerprint density at radius 2 is 1.78 bits per heavy atom. The van der Waals surface area contributed by atoms with E-state index in [-0.39, 0.29) is 0 Å². The SMILES string of the molecule is CCC(Nc1nc(-c2ccccc2)nc2ccccc12)C(=O)[O-]. The zero-order chi connectivity index (χ0) is 16.2. The molecule has 1 unspecified atom stereocenters. The molecule has 1 aromatic heterocycles. The van der Waals surface area contributed by atoms with Crippen LogP contribution in [0.1, 0.15) is 13.3 Å². The van der Waals surface area contributed by atoms with E-state index in [1.165, 1.54) is 0 Å². The summed E-state index contributed by atoms with van der Waals surface area (Å²) in [5, 5.41) is 15.0. The highest BCUT2D eigenvalue weighted by molar-refractivity contribution is 5.92. The van der Waals surface area contributed by atoms with Gasteiger partial charge in [0.1, 0.15) is 5.82 Å². The summed E-state index contributed by atoms with van der Waals surface area (Å²) in [7, 11) is 0. The van der Waals surface area contributed by atoms with E-state index in [0.717, 1.165) is 16.5 Å². The van der Waals surface area contributed by atoms with Gasteiger partial charge in [0.15, 0.2) is 5.82 Å². The molecule has 1 atom stereocenters. The lowest BCUT2D eigenvalue weighted by Crippen LogP contribution is -2.40. The van der Waals surface area contributed by atoms with Crippen molar-refractivity contribution in [1.82, 2.24) is 9.97 Å². The fourth-order valence-electron chi connectivity index (χ4n) is 2.40. The molecule has 0 aliphatic carbocycles. The minimum Gasteiger partial charge on any atom is -0.548 e. The number of carboxylic acid groups (broad SMARTS) is 1. The Morgan fingerprint density at radius 1 is 1.09 bits per heavy atom. The molecule has 0 aliphatic rings. The van der Waals surface area contributed by atoms with E-state index in [9.17, 15) is 9.90 Å². The van der Waals surface area contributed by atoms with Crippen LogP contribution in [0.15, 0.2) is 54.6 Å². The van der Waals surface area contributed by atoms with E-state index in [4.69, 9.17) is 0 Å². The van der Waals surface area contributed by atoms with Gasteiger partial charge in [-0.25, -0.2) is 9.97 Å². The number of aliphatic carboxylic acids is 1. The van der Waals surface area contributed by atoms with E-state index in [1.54, 1.807) is 6.92 Å². The summed E-state index contributed by atoms with van der Waals surface area (Å²) in [6.45, 7) is 1.79. The standard InChI is InChI=1S/C18H17N3O2/c1-2-14(18(22)23)19-17-13-10-6-7-11-15(13)20-16(21-17)12-8-4-3-5-9-12/h3-11,14H,2H2,1H3,(H,22,23)(H,19,20,21)/p-1. The minimum atomic E-state index is -1.14. The minimum absolute atomic E-state index is 0.404. The molecule has 0 saturated heterocycles. The molecule has 1 N–H and O–H groups in total. The van der Waals surface area contributed by atoms with E-state index in [0.29, 0.717) is 18.1 Å². The number of aromatic nitrogens is 2. The van der Waals surface area contributed by atoms with Crippen molar-refractivity contribution < 1.29 is 9.90 Å². The first kappa shape index (κ1) is 15.0. The van der Waals surface area contributed by atoms with Crippen LogP contribution in [-0.2, 0) is 4.79 Å². The number of para-hydroxylation sites is 1. The summed E-state index contributed by atoms with van der Waals surface area (Å²) in [5.74, 6) is -0.0815. The normalized spacial score (nSPS) is 12.0. The van der Waals surface area contributed by atoms with Crippen LogP contribution in [0.3, 0.4) is 0 Å². The molecule has 0 aliphatic heterocycles. The van der Waals surface area contributed by atoms with Gasteiger partial charge >= 0.3 is 0 Å². The molecule has 5 nitrogen and oxygen atoms in total. The van der Waals surface area contributed by atoms with Gasteiger partial charge in [0.2, 0.25) is 0 Å². The molecule has 116 valence electrons. The molecule has 0 saturated carbocycles. The van der Waals surface area contributed by atoms with Crippen molar-refractivity contribution in [3.63, 3.8) is 0 Å². The summed E-state index contributed by atoms with van der Waals surface area (Å²) >= 11 is 0. The van der Waals surface area contributed by atoms with Crippen molar-refractivity contribution in [1.29, 1.82) is 0 Å². The van der Waals surface area contributed by atoms with Crippen molar-refractivity contribution in [2.24, 2.45) is 0 Å². The molecule has 0 radical (unpaired) electrons. The highest BCUT2D eigenvalue weighted by Gasteiger charge is 2.13. The van der Waals surface area contributed by atoms with Crippen molar-refractivity contribution in [3.8, 4) is 11.4 Å². The number of anilines is 1.